The highest BCUT2D eigenvalue weighted by Crippen LogP contribution is 2.38. The van der Waals surface area contributed by atoms with Gasteiger partial charge in [0.2, 0.25) is 0 Å². The molecule has 1 N–H and O–H groups in total. The lowest BCUT2D eigenvalue weighted by molar-refractivity contribution is -0.141. The van der Waals surface area contributed by atoms with Crippen LogP contribution in [0.3, 0.4) is 0 Å². The number of nitrogens with zero attached hydrogens (tertiary/aromatic N) is 1. The van der Waals surface area contributed by atoms with Gasteiger partial charge >= 0.3 is 5.97 Å². The molecule has 0 bridgehead atoms. The Kier molecular flexibility index (Phi) is 6.94. The molecule has 0 radical (unpaired) electrons. The summed E-state index contributed by atoms with van der Waals surface area (Å²) in [4.78, 5) is 27.6. The third-order valence-corrected chi connectivity index (χ3v) is 6.71. The zero-order chi connectivity index (χ0) is 23.5. The van der Waals surface area contributed by atoms with Crippen LogP contribution in [0.2, 0.25) is 0 Å². The molecular weight excluding hydrogens is 419 g/mol. The van der Waals surface area contributed by atoms with Crippen molar-refractivity contribution in [3.05, 3.63) is 81.7 Å². The van der Waals surface area contributed by atoms with E-state index in [1.165, 1.54) is 19.2 Å². The van der Waals surface area contributed by atoms with E-state index in [4.69, 9.17) is 4.74 Å². The van der Waals surface area contributed by atoms with E-state index in [9.17, 15) is 14.0 Å². The number of rotatable bonds is 7. The topological polar surface area (TPSA) is 58.6 Å². The molecule has 2 aliphatic rings. The van der Waals surface area contributed by atoms with Gasteiger partial charge in [-0.3, -0.25) is 14.9 Å². The van der Waals surface area contributed by atoms with Crippen molar-refractivity contribution in [1.82, 2.24) is 10.2 Å². The Morgan fingerprint density at radius 3 is 2.61 bits per heavy atom. The highest BCUT2D eigenvalue weighted by molar-refractivity contribution is 5.97. The molecule has 6 heteroatoms. The molecule has 33 heavy (non-hydrogen) atoms. The van der Waals surface area contributed by atoms with Crippen LogP contribution in [0.25, 0.3) is 0 Å². The van der Waals surface area contributed by atoms with Crippen LogP contribution in [-0.2, 0) is 20.9 Å². The highest BCUT2D eigenvalue weighted by atomic mass is 19.1. The van der Waals surface area contributed by atoms with Gasteiger partial charge < -0.3 is 9.64 Å². The maximum absolute atomic E-state index is 13.4. The Bertz CT molecular complexity index is 1080. The Morgan fingerprint density at radius 1 is 1.15 bits per heavy atom. The fourth-order valence-corrected chi connectivity index (χ4v) is 4.93. The molecule has 1 aliphatic carbocycles. The quantitative estimate of drug-likeness (QED) is 0.611. The summed E-state index contributed by atoms with van der Waals surface area (Å²) >= 11 is 0. The monoisotopic (exact) mass is 450 g/mol. The van der Waals surface area contributed by atoms with E-state index in [1.54, 1.807) is 12.1 Å². The molecule has 174 valence electrons. The summed E-state index contributed by atoms with van der Waals surface area (Å²) in [5, 5.41) is 3.65. The molecule has 1 aliphatic heterocycles. The molecule has 1 heterocycles. The lowest BCUT2D eigenvalue weighted by Crippen LogP contribution is -2.47. The van der Waals surface area contributed by atoms with Gasteiger partial charge in [-0.05, 0) is 73.9 Å². The van der Waals surface area contributed by atoms with Crippen molar-refractivity contribution in [2.24, 2.45) is 0 Å². The fourth-order valence-electron chi connectivity index (χ4n) is 4.93. The molecule has 0 saturated heterocycles. The van der Waals surface area contributed by atoms with E-state index in [1.807, 2.05) is 18.7 Å². The van der Waals surface area contributed by atoms with Gasteiger partial charge in [-0.1, -0.05) is 35.9 Å². The molecule has 0 spiro atoms. The summed E-state index contributed by atoms with van der Waals surface area (Å²) in [6, 6.07) is 12.2. The van der Waals surface area contributed by atoms with Crippen molar-refractivity contribution in [2.45, 2.75) is 64.7 Å². The Labute approximate surface area is 194 Å². The Balaban J connectivity index is 1.69. The summed E-state index contributed by atoms with van der Waals surface area (Å²) in [5.41, 5.74) is 6.09. The van der Waals surface area contributed by atoms with Crippen LogP contribution in [0.15, 0.2) is 53.6 Å². The number of ether oxygens (including phenoxy) is 1. The number of hydrogen-bond donors (Lipinski definition) is 1. The molecule has 5 nitrogen and oxygen atoms in total. The zero-order valence-corrected chi connectivity index (χ0v) is 19.5. The number of hydrogen-bond acceptors (Lipinski definition) is 4. The van der Waals surface area contributed by atoms with Crippen LogP contribution >= 0.6 is 0 Å². The van der Waals surface area contributed by atoms with Crippen molar-refractivity contribution in [2.75, 3.05) is 7.11 Å². The lowest BCUT2D eigenvalue weighted by Gasteiger charge is -2.33. The van der Waals surface area contributed by atoms with Crippen molar-refractivity contribution >= 4 is 11.9 Å². The zero-order valence-electron chi connectivity index (χ0n) is 19.5. The van der Waals surface area contributed by atoms with E-state index in [0.717, 1.165) is 59.1 Å². The van der Waals surface area contributed by atoms with Crippen LogP contribution in [0, 0.1) is 19.7 Å². The maximum Gasteiger partial charge on any atom is 0.307 e. The predicted molar refractivity (Wildman–Crippen MR) is 125 cm³/mol. The number of nitrogens with one attached hydrogen (secondary N) is 1. The van der Waals surface area contributed by atoms with Crippen LogP contribution in [0.4, 0.5) is 4.39 Å². The van der Waals surface area contributed by atoms with Crippen LogP contribution in [0.1, 0.15) is 60.4 Å². The van der Waals surface area contributed by atoms with Crippen LogP contribution in [-0.4, -0.2) is 30.1 Å². The summed E-state index contributed by atoms with van der Waals surface area (Å²) in [5.74, 6) is -0.573. The minimum Gasteiger partial charge on any atom is -0.469 e. The molecule has 0 aromatic heterocycles. The summed E-state index contributed by atoms with van der Waals surface area (Å²) in [6.07, 6.45) is 3.53. The molecule has 4 rings (SSSR count). The number of esters is 1. The molecule has 0 saturated carbocycles. The number of aryl methyl sites for hydroxylation is 2. The third kappa shape index (κ3) is 5.01. The summed E-state index contributed by atoms with van der Waals surface area (Å²) in [6.45, 7) is 4.43. The second kappa shape index (κ2) is 9.87. The minimum absolute atomic E-state index is 0.0318. The van der Waals surface area contributed by atoms with E-state index in [0.29, 0.717) is 6.54 Å². The SMILES string of the molecule is COC(=O)C[C@H](N[C@@H]1C2=C(CCCC2)C(=O)N1Cc1ccc(F)cc1)c1cc(C)ccc1C. The number of halogens is 1. The summed E-state index contributed by atoms with van der Waals surface area (Å²) < 4.78 is 18.4. The number of carbonyl (C=O) groups excluding carboxylic acids is 2. The summed E-state index contributed by atoms with van der Waals surface area (Å²) in [7, 11) is 1.39. The first kappa shape index (κ1) is 23.2. The van der Waals surface area contributed by atoms with Crippen molar-refractivity contribution in [1.29, 1.82) is 0 Å². The van der Waals surface area contributed by atoms with E-state index < -0.39 is 0 Å². The van der Waals surface area contributed by atoms with Gasteiger partial charge in [0.1, 0.15) is 12.0 Å². The molecule has 2 aromatic rings. The molecule has 2 aromatic carbocycles. The van der Waals surface area contributed by atoms with Gasteiger partial charge in [-0.15, -0.1) is 0 Å². The van der Waals surface area contributed by atoms with Gasteiger partial charge in [-0.2, -0.15) is 0 Å². The lowest BCUT2D eigenvalue weighted by atomic mass is 9.91. The Hall–Kier alpha value is -2.99. The number of amides is 1. The van der Waals surface area contributed by atoms with Gasteiger partial charge in [0.15, 0.2) is 0 Å². The first-order chi connectivity index (χ1) is 15.9. The average Bonchev–Trinajstić information content (AvgIpc) is 3.07. The number of benzene rings is 2. The van der Waals surface area contributed by atoms with Crippen molar-refractivity contribution in [3.8, 4) is 0 Å². The molecule has 1 amide bonds. The second-order valence-corrected chi connectivity index (χ2v) is 9.03. The van der Waals surface area contributed by atoms with Gasteiger partial charge in [0.05, 0.1) is 13.5 Å². The Morgan fingerprint density at radius 2 is 1.88 bits per heavy atom. The molecular formula is C27H31FN2O3. The van der Waals surface area contributed by atoms with Crippen molar-refractivity contribution in [3.63, 3.8) is 0 Å². The third-order valence-electron chi connectivity index (χ3n) is 6.71. The fraction of sp³-hybridized carbons (Fsp3) is 0.407. The van der Waals surface area contributed by atoms with Gasteiger partial charge in [0.25, 0.3) is 5.91 Å². The van der Waals surface area contributed by atoms with Crippen LogP contribution in [0.5, 0.6) is 0 Å². The predicted octanol–water partition coefficient (Wildman–Crippen LogP) is 4.88. The van der Waals surface area contributed by atoms with Crippen LogP contribution < -0.4 is 5.32 Å². The van der Waals surface area contributed by atoms with Gasteiger partial charge in [0, 0.05) is 18.2 Å². The van der Waals surface area contributed by atoms with Gasteiger partial charge in [-0.25, -0.2) is 4.39 Å². The standard InChI is InChI=1S/C27H31FN2O3/c1-17-8-9-18(2)23(14-17)24(15-25(31)33-3)29-26-21-6-4-5-7-22(21)27(32)30(26)16-19-10-12-20(28)13-11-19/h8-14,24,26,29H,4-7,15-16H2,1-3H3/t24-,26-/m0/s1. The molecule has 0 unspecified atom stereocenters. The van der Waals surface area contributed by atoms with E-state index in [2.05, 4.69) is 23.5 Å². The average molecular weight is 451 g/mol. The largest absolute Gasteiger partial charge is 0.469 e. The smallest absolute Gasteiger partial charge is 0.307 e. The van der Waals surface area contributed by atoms with E-state index in [-0.39, 0.29) is 36.3 Å². The van der Waals surface area contributed by atoms with E-state index >= 15 is 0 Å². The number of carbonyl (C=O) groups is 2. The normalized spacial score (nSPS) is 19.0. The number of methoxy groups -OCH3 is 1. The first-order valence-electron chi connectivity index (χ1n) is 11.5. The first-order valence-corrected chi connectivity index (χ1v) is 11.5. The second-order valence-electron chi connectivity index (χ2n) is 9.03. The molecule has 2 atom stereocenters. The van der Waals surface area contributed by atoms with Crippen molar-refractivity contribution < 1.29 is 18.7 Å². The maximum atomic E-state index is 13.4. The molecule has 0 fully saturated rings. The highest BCUT2D eigenvalue weighted by Gasteiger charge is 2.41. The minimum atomic E-state index is -0.313.